The van der Waals surface area contributed by atoms with Gasteiger partial charge in [0.05, 0.1) is 17.7 Å². The molecule has 1 N–H and O–H groups in total. The average Bonchev–Trinajstić information content (AvgIpc) is 2.78. The second kappa shape index (κ2) is 11.0. The molecule has 0 bridgehead atoms. The molecule has 4 heteroatoms. The lowest BCUT2D eigenvalue weighted by Crippen LogP contribution is -2.14. The van der Waals surface area contributed by atoms with Crippen molar-refractivity contribution in [3.63, 3.8) is 0 Å². The Kier molecular flexibility index (Phi) is 7.78. The van der Waals surface area contributed by atoms with Crippen molar-refractivity contribution in [1.82, 2.24) is 0 Å². The van der Waals surface area contributed by atoms with Crippen LogP contribution in [0, 0.1) is 5.92 Å². The summed E-state index contributed by atoms with van der Waals surface area (Å²) >= 11 is 0. The fourth-order valence-corrected chi connectivity index (χ4v) is 3.63. The zero-order valence-corrected chi connectivity index (χ0v) is 16.9. The standard InChI is InChI=1S/C26H26O4/c27-25(28)23-15-7-8-16-24(23)26(29)30-17-9-14-22(18-20-10-3-1-4-11-20)19-21-12-5-2-6-13-21/h1-8,10-13,15-16,22H,9,14,17-19H2,(H,27,28). The van der Waals surface area contributed by atoms with Gasteiger partial charge in [0.15, 0.2) is 0 Å². The number of aromatic carboxylic acids is 1. The van der Waals surface area contributed by atoms with Crippen molar-refractivity contribution in [1.29, 1.82) is 0 Å². The minimum Gasteiger partial charge on any atom is -0.478 e. The van der Waals surface area contributed by atoms with Crippen LogP contribution in [-0.2, 0) is 17.6 Å². The molecule has 4 nitrogen and oxygen atoms in total. The van der Waals surface area contributed by atoms with Crippen LogP contribution in [0.1, 0.15) is 44.7 Å². The van der Waals surface area contributed by atoms with Crippen LogP contribution in [-0.4, -0.2) is 23.7 Å². The fourth-order valence-electron chi connectivity index (χ4n) is 3.63. The molecule has 0 saturated carbocycles. The molecule has 0 unspecified atom stereocenters. The number of carbonyl (C=O) groups is 2. The highest BCUT2D eigenvalue weighted by Gasteiger charge is 2.17. The van der Waals surface area contributed by atoms with E-state index in [-0.39, 0.29) is 17.7 Å². The highest BCUT2D eigenvalue weighted by Crippen LogP contribution is 2.20. The van der Waals surface area contributed by atoms with Gasteiger partial charge in [-0.3, -0.25) is 0 Å². The summed E-state index contributed by atoms with van der Waals surface area (Å²) in [5.74, 6) is -1.29. The van der Waals surface area contributed by atoms with E-state index in [9.17, 15) is 14.7 Å². The third kappa shape index (κ3) is 6.31. The van der Waals surface area contributed by atoms with Gasteiger partial charge in [-0.05, 0) is 54.9 Å². The molecule has 3 aromatic carbocycles. The first-order valence-corrected chi connectivity index (χ1v) is 10.2. The molecule has 0 aromatic heterocycles. The first kappa shape index (κ1) is 21.3. The van der Waals surface area contributed by atoms with Gasteiger partial charge in [-0.15, -0.1) is 0 Å². The highest BCUT2D eigenvalue weighted by atomic mass is 16.5. The van der Waals surface area contributed by atoms with Gasteiger partial charge in [0.25, 0.3) is 0 Å². The quantitative estimate of drug-likeness (QED) is 0.363. The van der Waals surface area contributed by atoms with E-state index in [1.165, 1.54) is 23.3 Å². The Morgan fingerprint density at radius 2 is 1.23 bits per heavy atom. The zero-order chi connectivity index (χ0) is 21.2. The number of carboxylic acids is 1. The number of hydrogen-bond acceptors (Lipinski definition) is 3. The van der Waals surface area contributed by atoms with Crippen molar-refractivity contribution in [3.8, 4) is 0 Å². The maximum absolute atomic E-state index is 12.3. The van der Waals surface area contributed by atoms with Crippen molar-refractivity contribution in [2.75, 3.05) is 6.61 Å². The number of hydrogen-bond donors (Lipinski definition) is 1. The molecule has 3 rings (SSSR count). The normalized spacial score (nSPS) is 10.7. The van der Waals surface area contributed by atoms with Gasteiger partial charge in [0.1, 0.15) is 0 Å². The molecule has 0 heterocycles. The molecule has 0 aliphatic rings. The number of carbonyl (C=O) groups excluding carboxylic acids is 1. The van der Waals surface area contributed by atoms with E-state index in [1.807, 2.05) is 12.1 Å². The van der Waals surface area contributed by atoms with Crippen LogP contribution >= 0.6 is 0 Å². The monoisotopic (exact) mass is 402 g/mol. The first-order valence-electron chi connectivity index (χ1n) is 10.2. The Labute approximate surface area is 177 Å². The predicted octanol–water partition coefficient (Wildman–Crippen LogP) is 5.42. The van der Waals surface area contributed by atoms with Crippen molar-refractivity contribution in [2.45, 2.75) is 25.7 Å². The maximum atomic E-state index is 12.3. The van der Waals surface area contributed by atoms with Crippen LogP contribution in [0.5, 0.6) is 0 Å². The summed E-state index contributed by atoms with van der Waals surface area (Å²) in [5, 5.41) is 9.23. The van der Waals surface area contributed by atoms with E-state index < -0.39 is 11.9 Å². The molecule has 0 radical (unpaired) electrons. The summed E-state index contributed by atoms with van der Waals surface area (Å²) in [6, 6.07) is 26.9. The first-order chi connectivity index (χ1) is 14.6. The van der Waals surface area contributed by atoms with Gasteiger partial charge in [-0.25, -0.2) is 9.59 Å². The molecule has 0 aliphatic heterocycles. The summed E-state index contributed by atoms with van der Waals surface area (Å²) in [5.41, 5.74) is 2.65. The third-order valence-electron chi connectivity index (χ3n) is 5.10. The molecular weight excluding hydrogens is 376 g/mol. The van der Waals surface area contributed by atoms with Gasteiger partial charge < -0.3 is 9.84 Å². The van der Waals surface area contributed by atoms with Gasteiger partial charge in [0.2, 0.25) is 0 Å². The Balaban J connectivity index is 1.56. The summed E-state index contributed by atoms with van der Waals surface area (Å²) in [6.45, 7) is 0.271. The molecule has 0 aliphatic carbocycles. The third-order valence-corrected chi connectivity index (χ3v) is 5.10. The minimum absolute atomic E-state index is 0.0338. The van der Waals surface area contributed by atoms with E-state index in [0.717, 1.165) is 25.7 Å². The van der Waals surface area contributed by atoms with Gasteiger partial charge >= 0.3 is 11.9 Å². The number of ether oxygens (including phenoxy) is 1. The second-order valence-electron chi connectivity index (χ2n) is 7.37. The lowest BCUT2D eigenvalue weighted by Gasteiger charge is -2.17. The smallest absolute Gasteiger partial charge is 0.339 e. The summed E-state index contributed by atoms with van der Waals surface area (Å²) in [4.78, 5) is 23.6. The molecule has 3 aromatic rings. The molecule has 0 fully saturated rings. The van der Waals surface area contributed by atoms with Crippen LogP contribution in [0.3, 0.4) is 0 Å². The van der Waals surface area contributed by atoms with Crippen molar-refractivity contribution in [2.24, 2.45) is 5.92 Å². The Morgan fingerprint density at radius 3 is 1.77 bits per heavy atom. The van der Waals surface area contributed by atoms with E-state index >= 15 is 0 Å². The average molecular weight is 402 g/mol. The summed E-state index contributed by atoms with van der Waals surface area (Å²) < 4.78 is 5.37. The zero-order valence-electron chi connectivity index (χ0n) is 16.9. The Morgan fingerprint density at radius 1 is 0.733 bits per heavy atom. The topological polar surface area (TPSA) is 63.6 Å². The molecule has 154 valence electrons. The lowest BCUT2D eigenvalue weighted by molar-refractivity contribution is 0.0483. The molecule has 30 heavy (non-hydrogen) atoms. The largest absolute Gasteiger partial charge is 0.478 e. The SMILES string of the molecule is O=C(O)c1ccccc1C(=O)OCCCC(Cc1ccccc1)Cc1ccccc1. The van der Waals surface area contributed by atoms with Crippen LogP contribution in [0.15, 0.2) is 84.9 Å². The summed E-state index contributed by atoms with van der Waals surface area (Å²) in [6.07, 6.45) is 3.57. The van der Waals surface area contributed by atoms with Crippen molar-refractivity contribution < 1.29 is 19.4 Å². The summed E-state index contributed by atoms with van der Waals surface area (Å²) in [7, 11) is 0. The van der Waals surface area contributed by atoms with E-state index in [1.54, 1.807) is 12.1 Å². The van der Waals surface area contributed by atoms with Gasteiger partial charge in [-0.1, -0.05) is 72.8 Å². The number of esters is 1. The van der Waals surface area contributed by atoms with Crippen LogP contribution in [0.2, 0.25) is 0 Å². The van der Waals surface area contributed by atoms with Crippen molar-refractivity contribution in [3.05, 3.63) is 107 Å². The molecule has 0 saturated heterocycles. The van der Waals surface area contributed by atoms with E-state index in [2.05, 4.69) is 48.5 Å². The Hall–Kier alpha value is -3.40. The Bertz CT molecular complexity index is 910. The van der Waals surface area contributed by atoms with Crippen LogP contribution in [0.4, 0.5) is 0 Å². The molecule has 0 amide bonds. The van der Waals surface area contributed by atoms with Gasteiger partial charge in [-0.2, -0.15) is 0 Å². The predicted molar refractivity (Wildman–Crippen MR) is 117 cm³/mol. The van der Waals surface area contributed by atoms with Crippen molar-refractivity contribution >= 4 is 11.9 Å². The minimum atomic E-state index is -1.13. The molecule has 0 atom stereocenters. The fraction of sp³-hybridized carbons (Fsp3) is 0.231. The maximum Gasteiger partial charge on any atom is 0.339 e. The number of rotatable bonds is 10. The van der Waals surface area contributed by atoms with Crippen LogP contribution < -0.4 is 0 Å². The second-order valence-corrected chi connectivity index (χ2v) is 7.37. The van der Waals surface area contributed by atoms with Gasteiger partial charge in [0, 0.05) is 0 Å². The van der Waals surface area contributed by atoms with Crippen LogP contribution in [0.25, 0.3) is 0 Å². The van der Waals surface area contributed by atoms with E-state index in [4.69, 9.17) is 4.74 Å². The molecular formula is C26H26O4. The lowest BCUT2D eigenvalue weighted by atomic mass is 9.89. The highest BCUT2D eigenvalue weighted by molar-refractivity contribution is 6.02. The number of carboxylic acid groups (broad SMARTS) is 1. The van der Waals surface area contributed by atoms with E-state index in [0.29, 0.717) is 5.92 Å². The molecule has 0 spiro atoms. The number of benzene rings is 3.